The van der Waals surface area contributed by atoms with Crippen LogP contribution in [0.2, 0.25) is 0 Å². The van der Waals surface area contributed by atoms with E-state index >= 15 is 0 Å². The zero-order valence-electron chi connectivity index (χ0n) is 13.2. The molecule has 116 valence electrons. The molecule has 0 aliphatic heterocycles. The number of benzene rings is 2. The predicted octanol–water partition coefficient (Wildman–Crippen LogP) is 4.76. The lowest BCUT2D eigenvalue weighted by molar-refractivity contribution is 0.0693. The fraction of sp³-hybridized carbons (Fsp3) is 0.316. The summed E-state index contributed by atoms with van der Waals surface area (Å²) in [7, 11) is 0. The second-order valence-corrected chi connectivity index (χ2v) is 5.75. The van der Waals surface area contributed by atoms with Crippen molar-refractivity contribution in [1.82, 2.24) is 0 Å². The van der Waals surface area contributed by atoms with Crippen molar-refractivity contribution in [3.05, 3.63) is 64.7 Å². The molecule has 0 fully saturated rings. The van der Waals surface area contributed by atoms with Gasteiger partial charge in [0.1, 0.15) is 11.3 Å². The molecule has 0 amide bonds. The van der Waals surface area contributed by atoms with E-state index in [4.69, 9.17) is 0 Å². The van der Waals surface area contributed by atoms with Gasteiger partial charge in [0, 0.05) is 5.92 Å². The molecule has 0 spiro atoms. The number of aromatic hydroxyl groups is 1. The second kappa shape index (κ2) is 6.65. The Morgan fingerprint density at radius 1 is 1.09 bits per heavy atom. The van der Waals surface area contributed by atoms with Crippen molar-refractivity contribution >= 4 is 5.97 Å². The van der Waals surface area contributed by atoms with Crippen LogP contribution in [0.3, 0.4) is 0 Å². The van der Waals surface area contributed by atoms with Crippen LogP contribution in [0, 0.1) is 0 Å². The molecule has 2 aromatic rings. The quantitative estimate of drug-likeness (QED) is 0.837. The Morgan fingerprint density at radius 3 is 2.27 bits per heavy atom. The van der Waals surface area contributed by atoms with Gasteiger partial charge in [-0.15, -0.1) is 0 Å². The number of carboxylic acid groups (broad SMARTS) is 1. The minimum atomic E-state index is -1.09. The van der Waals surface area contributed by atoms with E-state index in [0.29, 0.717) is 5.56 Å². The first-order chi connectivity index (χ1) is 10.5. The summed E-state index contributed by atoms with van der Waals surface area (Å²) in [4.78, 5) is 11.4. The summed E-state index contributed by atoms with van der Waals surface area (Å²) in [6.45, 7) is 6.07. The Balaban J connectivity index is 2.56. The molecule has 22 heavy (non-hydrogen) atoms. The summed E-state index contributed by atoms with van der Waals surface area (Å²) in [5.41, 5.74) is 2.73. The van der Waals surface area contributed by atoms with Gasteiger partial charge in [0.2, 0.25) is 0 Å². The second-order valence-electron chi connectivity index (χ2n) is 5.75. The molecule has 3 heteroatoms. The van der Waals surface area contributed by atoms with Crippen molar-refractivity contribution in [2.24, 2.45) is 0 Å². The number of carboxylic acids is 1. The summed E-state index contributed by atoms with van der Waals surface area (Å²) < 4.78 is 0. The number of hydrogen-bond acceptors (Lipinski definition) is 2. The van der Waals surface area contributed by atoms with Crippen molar-refractivity contribution in [2.75, 3.05) is 0 Å². The van der Waals surface area contributed by atoms with E-state index in [2.05, 4.69) is 0 Å². The van der Waals surface area contributed by atoms with Gasteiger partial charge >= 0.3 is 5.97 Å². The molecule has 0 heterocycles. The number of aromatic carboxylic acids is 1. The Labute approximate surface area is 131 Å². The van der Waals surface area contributed by atoms with Crippen LogP contribution in [0.25, 0.3) is 0 Å². The van der Waals surface area contributed by atoms with E-state index in [0.717, 1.165) is 17.5 Å². The molecular formula is C19H22O3. The molecule has 0 saturated carbocycles. The highest BCUT2D eigenvalue weighted by Gasteiger charge is 2.21. The van der Waals surface area contributed by atoms with Gasteiger partial charge in [-0.2, -0.15) is 0 Å². The Kier molecular flexibility index (Phi) is 4.86. The van der Waals surface area contributed by atoms with Gasteiger partial charge in [-0.1, -0.05) is 57.2 Å². The van der Waals surface area contributed by atoms with Crippen molar-refractivity contribution in [3.8, 4) is 5.75 Å². The number of carbonyl (C=O) groups is 1. The maximum absolute atomic E-state index is 11.4. The molecule has 0 aliphatic rings. The molecular weight excluding hydrogens is 276 g/mol. The standard InChI is InChI=1S/C19H22O3/c1-4-12(2)16-10-15(11-17(18(16)20)19(21)22)13(3)14-8-6-5-7-9-14/h5-13,20H,4H2,1-3H3,(H,21,22). The third kappa shape index (κ3) is 3.14. The van der Waals surface area contributed by atoms with Gasteiger partial charge in [0.25, 0.3) is 0 Å². The van der Waals surface area contributed by atoms with Crippen molar-refractivity contribution in [3.63, 3.8) is 0 Å². The van der Waals surface area contributed by atoms with Gasteiger partial charge in [0.05, 0.1) is 0 Å². The molecule has 2 N–H and O–H groups in total. The first-order valence-corrected chi connectivity index (χ1v) is 7.60. The van der Waals surface area contributed by atoms with Crippen molar-refractivity contribution in [1.29, 1.82) is 0 Å². The monoisotopic (exact) mass is 298 g/mol. The fourth-order valence-electron chi connectivity index (χ4n) is 2.62. The lowest BCUT2D eigenvalue weighted by Gasteiger charge is -2.19. The van der Waals surface area contributed by atoms with Crippen LogP contribution >= 0.6 is 0 Å². The molecule has 0 bridgehead atoms. The van der Waals surface area contributed by atoms with E-state index in [-0.39, 0.29) is 23.1 Å². The summed E-state index contributed by atoms with van der Waals surface area (Å²) in [6.07, 6.45) is 0.843. The van der Waals surface area contributed by atoms with Crippen LogP contribution in [0.1, 0.15) is 66.1 Å². The predicted molar refractivity (Wildman–Crippen MR) is 87.7 cm³/mol. The maximum atomic E-state index is 11.4. The van der Waals surface area contributed by atoms with E-state index in [1.54, 1.807) is 6.07 Å². The highest BCUT2D eigenvalue weighted by molar-refractivity contribution is 5.91. The van der Waals surface area contributed by atoms with Crippen LogP contribution in [-0.4, -0.2) is 16.2 Å². The van der Waals surface area contributed by atoms with Crippen LogP contribution in [0.4, 0.5) is 0 Å². The highest BCUT2D eigenvalue weighted by Crippen LogP contribution is 2.36. The zero-order chi connectivity index (χ0) is 16.3. The minimum absolute atomic E-state index is 0.0180. The molecule has 2 rings (SSSR count). The molecule has 0 saturated heterocycles. The van der Waals surface area contributed by atoms with E-state index in [9.17, 15) is 15.0 Å². The van der Waals surface area contributed by atoms with E-state index in [1.165, 1.54) is 0 Å². The SMILES string of the molecule is CCC(C)c1cc(C(C)c2ccccc2)cc(C(=O)O)c1O. The number of rotatable bonds is 5. The normalized spacial score (nSPS) is 13.6. The molecule has 2 aromatic carbocycles. The van der Waals surface area contributed by atoms with Crippen molar-refractivity contribution < 1.29 is 15.0 Å². The van der Waals surface area contributed by atoms with E-state index in [1.807, 2.05) is 57.2 Å². The van der Waals surface area contributed by atoms with Gasteiger partial charge in [-0.25, -0.2) is 4.79 Å². The van der Waals surface area contributed by atoms with Crippen molar-refractivity contribution in [2.45, 2.75) is 39.0 Å². The van der Waals surface area contributed by atoms with Gasteiger partial charge in [0.15, 0.2) is 0 Å². The summed E-state index contributed by atoms with van der Waals surface area (Å²) in [6, 6.07) is 13.5. The number of hydrogen-bond donors (Lipinski definition) is 2. The first-order valence-electron chi connectivity index (χ1n) is 7.60. The van der Waals surface area contributed by atoms with Crippen LogP contribution < -0.4 is 0 Å². The van der Waals surface area contributed by atoms with Gasteiger partial charge in [-0.05, 0) is 35.1 Å². The zero-order valence-corrected chi connectivity index (χ0v) is 13.2. The molecule has 2 unspecified atom stereocenters. The Hall–Kier alpha value is -2.29. The first kappa shape index (κ1) is 16.1. The molecule has 0 radical (unpaired) electrons. The number of phenols is 1. The summed E-state index contributed by atoms with van der Waals surface area (Å²) in [5, 5.41) is 19.6. The lowest BCUT2D eigenvalue weighted by Crippen LogP contribution is -2.06. The molecule has 0 aliphatic carbocycles. The average Bonchev–Trinajstić information content (AvgIpc) is 2.54. The third-order valence-corrected chi connectivity index (χ3v) is 4.34. The lowest BCUT2D eigenvalue weighted by atomic mass is 9.87. The van der Waals surface area contributed by atoms with E-state index < -0.39 is 5.97 Å². The average molecular weight is 298 g/mol. The fourth-order valence-corrected chi connectivity index (χ4v) is 2.62. The van der Waals surface area contributed by atoms with Gasteiger partial charge in [-0.3, -0.25) is 0 Å². The summed E-state index contributed by atoms with van der Waals surface area (Å²) >= 11 is 0. The molecule has 0 aromatic heterocycles. The Morgan fingerprint density at radius 2 is 1.73 bits per heavy atom. The molecule has 3 nitrogen and oxygen atoms in total. The minimum Gasteiger partial charge on any atom is -0.507 e. The van der Waals surface area contributed by atoms with Gasteiger partial charge < -0.3 is 10.2 Å². The Bertz CT molecular complexity index is 662. The third-order valence-electron chi connectivity index (χ3n) is 4.34. The van der Waals surface area contributed by atoms with Crippen LogP contribution in [0.15, 0.2) is 42.5 Å². The topological polar surface area (TPSA) is 57.5 Å². The maximum Gasteiger partial charge on any atom is 0.339 e. The van der Waals surface area contributed by atoms with Crippen LogP contribution in [-0.2, 0) is 0 Å². The van der Waals surface area contributed by atoms with Crippen LogP contribution in [0.5, 0.6) is 5.75 Å². The highest BCUT2D eigenvalue weighted by atomic mass is 16.4. The molecule has 2 atom stereocenters. The smallest absolute Gasteiger partial charge is 0.339 e. The summed E-state index contributed by atoms with van der Waals surface area (Å²) in [5.74, 6) is -1.02. The largest absolute Gasteiger partial charge is 0.507 e.